The van der Waals surface area contributed by atoms with Crippen LogP contribution >= 0.6 is 0 Å². The second kappa shape index (κ2) is 6.38. The molecule has 3 rings (SSSR count). The van der Waals surface area contributed by atoms with Crippen LogP contribution in [0.1, 0.15) is 15.9 Å². The van der Waals surface area contributed by atoms with Gasteiger partial charge in [-0.3, -0.25) is 9.59 Å². The van der Waals surface area contributed by atoms with Crippen LogP contribution in [-0.2, 0) is 4.79 Å². The minimum atomic E-state index is -1.79. The van der Waals surface area contributed by atoms with E-state index in [-0.39, 0.29) is 24.3 Å². The highest BCUT2D eigenvalue weighted by Gasteiger charge is 2.49. The number of rotatable bonds is 4. The first-order valence-corrected chi connectivity index (χ1v) is 7.84. The number of carbonyl (C=O) groups is 2. The molecule has 1 fully saturated rings. The monoisotopic (exact) mass is 361 g/mol. The Kier molecular flexibility index (Phi) is 4.37. The molecule has 0 unspecified atom stereocenters. The number of amides is 2. The average molecular weight is 361 g/mol. The number of aliphatic hydroxyl groups is 1. The number of nitrogens with zero attached hydrogens (tertiary/aromatic N) is 1. The van der Waals surface area contributed by atoms with Gasteiger partial charge >= 0.3 is 0 Å². The van der Waals surface area contributed by atoms with Crippen molar-refractivity contribution >= 4 is 23.2 Å². The van der Waals surface area contributed by atoms with Crippen LogP contribution in [0.5, 0.6) is 0 Å². The van der Waals surface area contributed by atoms with Crippen LogP contribution in [0, 0.1) is 18.6 Å². The molecule has 0 saturated carbocycles. The van der Waals surface area contributed by atoms with Crippen LogP contribution in [0.4, 0.5) is 20.2 Å². The van der Waals surface area contributed by atoms with Crippen molar-refractivity contribution in [2.24, 2.45) is 5.73 Å². The molecule has 2 aromatic rings. The minimum Gasteiger partial charge on any atom is -0.377 e. The highest BCUT2D eigenvalue weighted by molar-refractivity contribution is 6.02. The molecule has 0 radical (unpaired) electrons. The molecule has 0 aliphatic carbocycles. The van der Waals surface area contributed by atoms with Gasteiger partial charge in [0.05, 0.1) is 24.3 Å². The van der Waals surface area contributed by atoms with Gasteiger partial charge < -0.3 is 21.1 Å². The third-order valence-corrected chi connectivity index (χ3v) is 4.30. The number of aryl methyl sites for hydroxylation is 1. The molecule has 6 nitrogen and oxygen atoms in total. The lowest BCUT2D eigenvalue weighted by Gasteiger charge is -2.44. The maximum atomic E-state index is 14.3. The van der Waals surface area contributed by atoms with Crippen molar-refractivity contribution in [3.63, 3.8) is 0 Å². The maximum absolute atomic E-state index is 14.3. The number of β-amino-alcohol motifs (C(OH)–C–C–N with tert-alkyl or cyclic N) is 1. The lowest BCUT2D eigenvalue weighted by Crippen LogP contribution is -2.69. The average Bonchev–Trinajstić information content (AvgIpc) is 2.57. The first-order valence-electron chi connectivity index (χ1n) is 7.84. The van der Waals surface area contributed by atoms with E-state index in [0.29, 0.717) is 5.69 Å². The summed E-state index contributed by atoms with van der Waals surface area (Å²) in [7, 11) is 0. The Morgan fingerprint density at radius 3 is 2.35 bits per heavy atom. The number of primary amides is 1. The second-order valence-corrected chi connectivity index (χ2v) is 6.33. The number of hydrogen-bond donors (Lipinski definition) is 3. The first kappa shape index (κ1) is 17.8. The first-order chi connectivity index (χ1) is 12.2. The molecule has 0 bridgehead atoms. The van der Waals surface area contributed by atoms with Gasteiger partial charge in [0, 0.05) is 5.69 Å². The zero-order valence-electron chi connectivity index (χ0n) is 13.9. The van der Waals surface area contributed by atoms with Gasteiger partial charge in [-0.2, -0.15) is 0 Å². The minimum absolute atomic E-state index is 0.115. The molecule has 8 heteroatoms. The Morgan fingerprint density at radius 1 is 1.15 bits per heavy atom. The fraction of sp³-hybridized carbons (Fsp3) is 0.222. The van der Waals surface area contributed by atoms with Crippen LogP contribution in [0.25, 0.3) is 0 Å². The highest BCUT2D eigenvalue weighted by Crippen LogP contribution is 2.30. The van der Waals surface area contributed by atoms with E-state index in [1.165, 1.54) is 0 Å². The molecule has 1 saturated heterocycles. The highest BCUT2D eigenvalue weighted by atomic mass is 19.2. The molecule has 4 N–H and O–H groups in total. The number of anilines is 2. The smallest absolute Gasteiger partial charge is 0.256 e. The fourth-order valence-corrected chi connectivity index (χ4v) is 2.69. The van der Waals surface area contributed by atoms with Gasteiger partial charge in [-0.1, -0.05) is 17.7 Å². The van der Waals surface area contributed by atoms with Gasteiger partial charge in [0.25, 0.3) is 11.8 Å². The number of nitrogens with two attached hydrogens (primary N) is 1. The molecule has 26 heavy (non-hydrogen) atoms. The summed E-state index contributed by atoms with van der Waals surface area (Å²) in [6.45, 7) is 1.28. The lowest BCUT2D eigenvalue weighted by molar-refractivity contribution is -0.151. The standard InChI is InChI=1S/C18H17F2N3O3/c1-10-2-4-11(5-3-10)22-15-12(6-7-13(19)14(15)20)16(24)23-8-18(26,9-23)17(21)25/h2-7,22,26H,8-9H2,1H3,(H2,21,25). The molecular weight excluding hydrogens is 344 g/mol. The summed E-state index contributed by atoms with van der Waals surface area (Å²) in [6.07, 6.45) is 0. The van der Waals surface area contributed by atoms with E-state index in [1.807, 2.05) is 6.92 Å². The van der Waals surface area contributed by atoms with Gasteiger partial charge in [-0.25, -0.2) is 8.78 Å². The van der Waals surface area contributed by atoms with E-state index in [4.69, 9.17) is 5.73 Å². The van der Waals surface area contributed by atoms with Crippen LogP contribution in [-0.4, -0.2) is 40.5 Å². The number of likely N-dealkylation sites (tertiary alicyclic amines) is 1. The molecular formula is C18H17F2N3O3. The van der Waals surface area contributed by atoms with Crippen molar-refractivity contribution in [3.05, 3.63) is 59.2 Å². The van der Waals surface area contributed by atoms with Crippen molar-refractivity contribution in [1.82, 2.24) is 4.90 Å². The van der Waals surface area contributed by atoms with Crippen molar-refractivity contribution in [1.29, 1.82) is 0 Å². The van der Waals surface area contributed by atoms with Crippen molar-refractivity contribution < 1.29 is 23.5 Å². The fourth-order valence-electron chi connectivity index (χ4n) is 2.69. The van der Waals surface area contributed by atoms with Crippen LogP contribution < -0.4 is 11.1 Å². The summed E-state index contributed by atoms with van der Waals surface area (Å²) in [5.74, 6) is -3.88. The van der Waals surface area contributed by atoms with Gasteiger partial charge in [0.2, 0.25) is 0 Å². The van der Waals surface area contributed by atoms with Crippen molar-refractivity contribution in [2.75, 3.05) is 18.4 Å². The summed E-state index contributed by atoms with van der Waals surface area (Å²) in [5.41, 5.74) is 4.32. The van der Waals surface area contributed by atoms with Gasteiger partial charge in [-0.15, -0.1) is 0 Å². The maximum Gasteiger partial charge on any atom is 0.256 e. The van der Waals surface area contributed by atoms with E-state index in [0.717, 1.165) is 22.6 Å². The third-order valence-electron chi connectivity index (χ3n) is 4.30. The van der Waals surface area contributed by atoms with Crippen LogP contribution in [0.15, 0.2) is 36.4 Å². The zero-order valence-corrected chi connectivity index (χ0v) is 13.9. The quantitative estimate of drug-likeness (QED) is 0.772. The summed E-state index contributed by atoms with van der Waals surface area (Å²) in [5, 5.41) is 12.6. The Bertz CT molecular complexity index is 878. The molecule has 136 valence electrons. The third kappa shape index (κ3) is 3.11. The van der Waals surface area contributed by atoms with Crippen LogP contribution in [0.3, 0.4) is 0 Å². The molecule has 2 aromatic carbocycles. The Hall–Kier alpha value is -3.00. The molecule has 1 aliphatic heterocycles. The van der Waals surface area contributed by atoms with E-state index in [9.17, 15) is 23.5 Å². The molecule has 0 aromatic heterocycles. The Balaban J connectivity index is 1.90. The number of benzene rings is 2. The SMILES string of the molecule is Cc1ccc(Nc2c(C(=O)N3CC(O)(C(N)=O)C3)ccc(F)c2F)cc1. The molecule has 1 aliphatic rings. The number of carbonyl (C=O) groups excluding carboxylic acids is 2. The zero-order chi connectivity index (χ0) is 19.1. The van der Waals surface area contributed by atoms with E-state index >= 15 is 0 Å². The summed E-state index contributed by atoms with van der Waals surface area (Å²) in [4.78, 5) is 24.9. The van der Waals surface area contributed by atoms with Crippen molar-refractivity contribution in [3.8, 4) is 0 Å². The summed E-state index contributed by atoms with van der Waals surface area (Å²) < 4.78 is 28.0. The normalized spacial score (nSPS) is 15.3. The van der Waals surface area contributed by atoms with E-state index in [1.54, 1.807) is 24.3 Å². The number of nitrogens with one attached hydrogen (secondary N) is 1. The van der Waals surface area contributed by atoms with E-state index < -0.39 is 29.0 Å². The van der Waals surface area contributed by atoms with E-state index in [2.05, 4.69) is 5.32 Å². The van der Waals surface area contributed by atoms with Gasteiger partial charge in [-0.05, 0) is 31.2 Å². The molecule has 1 heterocycles. The Labute approximate surface area is 148 Å². The lowest BCUT2D eigenvalue weighted by atomic mass is 9.92. The predicted octanol–water partition coefficient (Wildman–Crippen LogP) is 1.69. The van der Waals surface area contributed by atoms with Gasteiger partial charge in [0.1, 0.15) is 0 Å². The summed E-state index contributed by atoms with van der Waals surface area (Å²) >= 11 is 0. The molecule has 2 amide bonds. The van der Waals surface area contributed by atoms with Crippen LogP contribution in [0.2, 0.25) is 0 Å². The van der Waals surface area contributed by atoms with Crippen molar-refractivity contribution in [2.45, 2.75) is 12.5 Å². The number of hydrogen-bond acceptors (Lipinski definition) is 4. The second-order valence-electron chi connectivity index (χ2n) is 6.33. The largest absolute Gasteiger partial charge is 0.377 e. The topological polar surface area (TPSA) is 95.7 Å². The predicted molar refractivity (Wildman–Crippen MR) is 90.9 cm³/mol. The summed E-state index contributed by atoms with van der Waals surface area (Å²) in [6, 6.07) is 8.90. The molecule has 0 spiro atoms. The Morgan fingerprint density at radius 2 is 1.77 bits per heavy atom. The van der Waals surface area contributed by atoms with Gasteiger partial charge in [0.15, 0.2) is 17.2 Å². The number of halogens is 2. The molecule has 0 atom stereocenters.